The van der Waals surface area contributed by atoms with Gasteiger partial charge in [0.1, 0.15) is 11.4 Å². The highest BCUT2D eigenvalue weighted by Crippen LogP contribution is 2.43. The van der Waals surface area contributed by atoms with Crippen LogP contribution in [0.5, 0.6) is 0 Å². The van der Waals surface area contributed by atoms with Gasteiger partial charge in [0.05, 0.1) is 6.20 Å². The number of anilines is 3. The lowest BCUT2D eigenvalue weighted by Crippen LogP contribution is -2.44. The number of likely N-dealkylation sites (N-methyl/N-ethyl adjacent to an activating group) is 1. The lowest BCUT2D eigenvalue weighted by atomic mass is 9.73. The van der Waals surface area contributed by atoms with Gasteiger partial charge in [-0.25, -0.2) is 9.97 Å². The van der Waals surface area contributed by atoms with Crippen molar-refractivity contribution in [3.05, 3.63) is 47.3 Å². The summed E-state index contributed by atoms with van der Waals surface area (Å²) in [6.45, 7) is 8.21. The Bertz CT molecular complexity index is 1160. The van der Waals surface area contributed by atoms with Gasteiger partial charge >= 0.3 is 0 Å². The zero-order chi connectivity index (χ0) is 22.5. The first-order valence-corrected chi connectivity index (χ1v) is 10.8. The Hall–Kier alpha value is -3.46. The van der Waals surface area contributed by atoms with Crippen LogP contribution in [-0.2, 0) is 11.8 Å². The highest BCUT2D eigenvalue weighted by molar-refractivity contribution is 5.95. The predicted octanol–water partition coefficient (Wildman–Crippen LogP) is 2.56. The maximum absolute atomic E-state index is 12.3. The van der Waals surface area contributed by atoms with Gasteiger partial charge in [0.2, 0.25) is 5.95 Å². The quantitative estimate of drug-likeness (QED) is 0.645. The summed E-state index contributed by atoms with van der Waals surface area (Å²) in [4.78, 5) is 26.2. The van der Waals surface area contributed by atoms with Gasteiger partial charge in [-0.2, -0.15) is 0 Å². The van der Waals surface area contributed by atoms with Gasteiger partial charge in [-0.1, -0.05) is 19.0 Å². The van der Waals surface area contributed by atoms with Crippen LogP contribution in [0.3, 0.4) is 0 Å². The number of amides is 1. The minimum Gasteiger partial charge on any atom is -0.369 e. The molecule has 0 radical (unpaired) electrons. The molecule has 2 aromatic heterocycles. The summed E-state index contributed by atoms with van der Waals surface area (Å²) in [6, 6.07) is 8.14. The number of carbonyl (C=O) groups is 1. The average Bonchev–Trinajstić information content (AvgIpc) is 3.22. The fourth-order valence-corrected chi connectivity index (χ4v) is 4.60. The summed E-state index contributed by atoms with van der Waals surface area (Å²) in [5.74, 6) is 0.274. The van der Waals surface area contributed by atoms with Crippen LogP contribution in [-0.4, -0.2) is 59.2 Å². The van der Waals surface area contributed by atoms with E-state index in [-0.39, 0.29) is 11.1 Å². The van der Waals surface area contributed by atoms with E-state index in [4.69, 9.17) is 15.2 Å². The first-order chi connectivity index (χ1) is 15.3. The van der Waals surface area contributed by atoms with E-state index >= 15 is 0 Å². The van der Waals surface area contributed by atoms with Crippen LogP contribution in [0, 0.1) is 0 Å². The van der Waals surface area contributed by atoms with E-state index in [1.165, 1.54) is 5.69 Å². The van der Waals surface area contributed by atoms with Gasteiger partial charge in [-0.05, 0) is 43.1 Å². The third-order valence-corrected chi connectivity index (χ3v) is 6.30. The number of benzene rings is 1. The van der Waals surface area contributed by atoms with Crippen LogP contribution in [0.2, 0.25) is 0 Å². The lowest BCUT2D eigenvalue weighted by molar-refractivity contribution is 0.0993. The number of hydrogen-bond acceptors (Lipinski definition) is 8. The largest absolute Gasteiger partial charge is 0.369 e. The summed E-state index contributed by atoms with van der Waals surface area (Å²) in [7, 11) is 2.14. The number of nitrogens with two attached hydrogens (primary N) is 1. The molecule has 1 amide bonds. The molecule has 2 aliphatic rings. The van der Waals surface area contributed by atoms with Gasteiger partial charge in [-0.15, -0.1) is 0 Å². The van der Waals surface area contributed by atoms with E-state index in [0.29, 0.717) is 29.4 Å². The van der Waals surface area contributed by atoms with Gasteiger partial charge in [0.15, 0.2) is 5.76 Å². The number of nitrogens with one attached hydrogen (secondary N) is 1. The SMILES string of the molecule is CN1CCN(c2ccc(Nc3nc(C(N)=O)c4c(n3)-c3oncc3CC4(C)C)cc2)CC1. The van der Waals surface area contributed by atoms with Crippen LogP contribution in [0.15, 0.2) is 35.0 Å². The highest BCUT2D eigenvalue weighted by Gasteiger charge is 2.39. The van der Waals surface area contributed by atoms with Crippen molar-refractivity contribution in [2.24, 2.45) is 5.73 Å². The summed E-state index contributed by atoms with van der Waals surface area (Å²) < 4.78 is 5.48. The second-order valence-electron chi connectivity index (χ2n) is 9.19. The molecule has 32 heavy (non-hydrogen) atoms. The van der Waals surface area contributed by atoms with Crippen LogP contribution in [0.4, 0.5) is 17.3 Å². The van der Waals surface area contributed by atoms with Crippen molar-refractivity contribution in [2.75, 3.05) is 43.4 Å². The van der Waals surface area contributed by atoms with Crippen molar-refractivity contribution in [3.63, 3.8) is 0 Å². The molecule has 1 aliphatic heterocycles. The zero-order valence-corrected chi connectivity index (χ0v) is 18.6. The molecule has 1 aliphatic carbocycles. The predicted molar refractivity (Wildman–Crippen MR) is 122 cm³/mol. The molecule has 1 saturated heterocycles. The second kappa shape index (κ2) is 7.59. The molecule has 0 atom stereocenters. The van der Waals surface area contributed by atoms with E-state index in [0.717, 1.165) is 37.4 Å². The van der Waals surface area contributed by atoms with E-state index in [9.17, 15) is 4.79 Å². The van der Waals surface area contributed by atoms with Gasteiger partial charge in [0.25, 0.3) is 5.91 Å². The molecule has 3 N–H and O–H groups in total. The fraction of sp³-hybridized carbons (Fsp3) is 0.391. The summed E-state index contributed by atoms with van der Waals surface area (Å²) in [5.41, 5.74) is 9.78. The molecule has 5 rings (SSSR count). The average molecular weight is 434 g/mol. The Kier molecular flexibility index (Phi) is 4.85. The molecular weight excluding hydrogens is 406 g/mol. The van der Waals surface area contributed by atoms with E-state index in [1.54, 1.807) is 6.20 Å². The maximum Gasteiger partial charge on any atom is 0.267 e. The Morgan fingerprint density at radius 2 is 1.84 bits per heavy atom. The van der Waals surface area contributed by atoms with Crippen molar-refractivity contribution in [1.29, 1.82) is 0 Å². The third kappa shape index (κ3) is 3.58. The molecule has 0 saturated carbocycles. The van der Waals surface area contributed by atoms with Crippen molar-refractivity contribution in [2.45, 2.75) is 25.7 Å². The molecule has 0 spiro atoms. The first-order valence-electron chi connectivity index (χ1n) is 10.8. The topological polar surface area (TPSA) is 113 Å². The number of hydrogen-bond donors (Lipinski definition) is 2. The van der Waals surface area contributed by atoms with E-state index < -0.39 is 5.91 Å². The molecule has 0 bridgehead atoms. The summed E-state index contributed by atoms with van der Waals surface area (Å²) in [5, 5.41) is 7.15. The van der Waals surface area contributed by atoms with Crippen LogP contribution in [0.25, 0.3) is 11.5 Å². The number of fused-ring (bicyclic) bond motifs is 3. The van der Waals surface area contributed by atoms with E-state index in [1.807, 2.05) is 26.0 Å². The summed E-state index contributed by atoms with van der Waals surface area (Å²) in [6.07, 6.45) is 2.37. The number of piperazine rings is 1. The Morgan fingerprint density at radius 3 is 2.53 bits per heavy atom. The standard InChI is InChI=1S/C23H27N7O2/c1-23(2)12-14-13-25-32-20(14)18-17(23)19(21(24)31)28-22(27-18)26-15-4-6-16(7-5-15)30-10-8-29(3)9-11-30/h4-7,13H,8-12H2,1-3H3,(H2,24,31)(H,26,27,28). The summed E-state index contributed by atoms with van der Waals surface area (Å²) >= 11 is 0. The molecule has 9 heteroatoms. The Balaban J connectivity index is 1.47. The maximum atomic E-state index is 12.3. The Morgan fingerprint density at radius 1 is 1.12 bits per heavy atom. The lowest BCUT2D eigenvalue weighted by Gasteiger charge is -2.34. The van der Waals surface area contributed by atoms with Gasteiger partial charge in [-0.3, -0.25) is 4.79 Å². The number of carbonyl (C=O) groups excluding carboxylic acids is 1. The van der Waals surface area contributed by atoms with Gasteiger partial charge < -0.3 is 25.4 Å². The van der Waals surface area contributed by atoms with Crippen molar-refractivity contribution < 1.29 is 9.32 Å². The van der Waals surface area contributed by atoms with Crippen molar-refractivity contribution in [1.82, 2.24) is 20.0 Å². The fourth-order valence-electron chi connectivity index (χ4n) is 4.60. The normalized spacial score (nSPS) is 17.5. The van der Waals surface area contributed by atoms with Crippen LogP contribution in [0.1, 0.15) is 35.5 Å². The molecule has 166 valence electrons. The van der Waals surface area contributed by atoms with E-state index in [2.05, 4.69) is 44.4 Å². The third-order valence-electron chi connectivity index (χ3n) is 6.30. The van der Waals surface area contributed by atoms with Crippen molar-refractivity contribution in [3.8, 4) is 11.5 Å². The number of nitrogens with zero attached hydrogens (tertiary/aromatic N) is 5. The van der Waals surface area contributed by atoms with Crippen LogP contribution < -0.4 is 16.0 Å². The molecule has 1 aromatic carbocycles. The smallest absolute Gasteiger partial charge is 0.267 e. The van der Waals surface area contributed by atoms with Crippen molar-refractivity contribution >= 4 is 23.2 Å². The molecule has 3 aromatic rings. The van der Waals surface area contributed by atoms with Gasteiger partial charge in [0, 0.05) is 48.7 Å². The highest BCUT2D eigenvalue weighted by atomic mass is 16.5. The number of aromatic nitrogens is 3. The first kappa shape index (κ1) is 20.4. The van der Waals surface area contributed by atoms with Crippen LogP contribution >= 0.6 is 0 Å². The molecule has 3 heterocycles. The minimum atomic E-state index is -0.590. The molecule has 1 fully saturated rings. The monoisotopic (exact) mass is 433 g/mol. The molecule has 9 nitrogen and oxygen atoms in total. The molecule has 0 unspecified atom stereocenters. The minimum absolute atomic E-state index is 0.207. The Labute approximate surface area is 186 Å². The second-order valence-corrected chi connectivity index (χ2v) is 9.19. The zero-order valence-electron chi connectivity index (χ0n) is 18.6. The number of rotatable bonds is 4. The molecular formula is C23H27N7O2. The number of primary amides is 1.